The number of fused-ring (bicyclic) bond motifs is 1. The zero-order valence-electron chi connectivity index (χ0n) is 15.9. The van der Waals surface area contributed by atoms with Crippen molar-refractivity contribution in [3.05, 3.63) is 60.1 Å². The van der Waals surface area contributed by atoms with Gasteiger partial charge in [0.15, 0.2) is 11.5 Å². The number of morpholine rings is 1. The average Bonchev–Trinajstić information content (AvgIpc) is 3.46. The topological polar surface area (TPSA) is 96.1 Å². The van der Waals surface area contributed by atoms with E-state index in [4.69, 9.17) is 9.72 Å². The van der Waals surface area contributed by atoms with Crippen molar-refractivity contribution in [2.24, 2.45) is 0 Å². The van der Waals surface area contributed by atoms with E-state index in [1.165, 1.54) is 0 Å². The smallest absolute Gasteiger partial charge is 0.365 e. The summed E-state index contributed by atoms with van der Waals surface area (Å²) >= 11 is 1.11. The van der Waals surface area contributed by atoms with Crippen molar-refractivity contribution in [2.45, 2.75) is 0 Å². The van der Waals surface area contributed by atoms with Gasteiger partial charge in [-0.05, 0) is 12.1 Å². The van der Waals surface area contributed by atoms with Crippen LogP contribution in [-0.4, -0.2) is 61.7 Å². The fraction of sp³-hybridized carbons (Fsp3) is 0.200. The number of ether oxygens (including phenoxy) is 1. The van der Waals surface area contributed by atoms with Crippen molar-refractivity contribution < 1.29 is 14.6 Å². The number of carboxylic acid groups (broad SMARTS) is 1. The molecule has 0 radical (unpaired) electrons. The molecule has 1 saturated heterocycles. The van der Waals surface area contributed by atoms with E-state index in [-0.39, 0.29) is 5.01 Å². The number of imidazole rings is 1. The van der Waals surface area contributed by atoms with Crippen LogP contribution in [0, 0.1) is 0 Å². The van der Waals surface area contributed by atoms with E-state index in [1.54, 1.807) is 18.6 Å². The lowest BCUT2D eigenvalue weighted by atomic mass is 10.3. The molecule has 30 heavy (non-hydrogen) atoms. The van der Waals surface area contributed by atoms with Crippen LogP contribution in [-0.2, 0) is 4.74 Å². The van der Waals surface area contributed by atoms with Crippen molar-refractivity contribution in [2.75, 3.05) is 31.3 Å². The molecular weight excluding hydrogens is 404 g/mol. The first-order chi connectivity index (χ1) is 14.7. The van der Waals surface area contributed by atoms with Gasteiger partial charge < -0.3 is 9.84 Å². The number of nitrogens with zero attached hydrogens (tertiary/aromatic N) is 6. The summed E-state index contributed by atoms with van der Waals surface area (Å²) < 4.78 is 7.44. The van der Waals surface area contributed by atoms with Gasteiger partial charge in [-0.15, -0.1) is 11.3 Å². The van der Waals surface area contributed by atoms with Gasteiger partial charge in [0.05, 0.1) is 35.7 Å². The van der Waals surface area contributed by atoms with Crippen LogP contribution in [0.3, 0.4) is 0 Å². The molecule has 1 N–H and O–H groups in total. The van der Waals surface area contributed by atoms with Crippen molar-refractivity contribution in [3.63, 3.8) is 0 Å². The fourth-order valence-electron chi connectivity index (χ4n) is 3.47. The third-order valence-electron chi connectivity index (χ3n) is 4.82. The standard InChI is InChI=1S/C20H18N6O3S/c27-20(28)19-23-13-16(30-19)15-12-22-18(17-21-6-7-25(15)17)26(14-4-2-1-3-5-14)24-8-10-29-11-9-24/h1-7,12-13H,8-11H2,(H,27,28). The summed E-state index contributed by atoms with van der Waals surface area (Å²) in [6, 6.07) is 10.0. The van der Waals surface area contributed by atoms with Crippen molar-refractivity contribution >= 4 is 34.5 Å². The number of para-hydroxylation sites is 1. The number of anilines is 2. The number of carbonyl (C=O) groups is 1. The normalized spacial score (nSPS) is 14.8. The maximum atomic E-state index is 11.2. The first-order valence-electron chi connectivity index (χ1n) is 9.42. The first-order valence-corrected chi connectivity index (χ1v) is 10.2. The van der Waals surface area contributed by atoms with Crippen LogP contribution in [0.4, 0.5) is 11.5 Å². The lowest BCUT2D eigenvalue weighted by molar-refractivity contribution is 0.0376. The highest BCUT2D eigenvalue weighted by atomic mass is 32.1. The number of thiazole rings is 1. The Morgan fingerprint density at radius 1 is 1.10 bits per heavy atom. The zero-order chi connectivity index (χ0) is 20.5. The molecule has 0 atom stereocenters. The Kier molecular flexibility index (Phi) is 4.87. The molecule has 1 aliphatic rings. The van der Waals surface area contributed by atoms with Crippen LogP contribution in [0.2, 0.25) is 0 Å². The maximum absolute atomic E-state index is 11.2. The Bertz CT molecular complexity index is 1190. The third-order valence-corrected chi connectivity index (χ3v) is 5.83. The molecule has 10 heteroatoms. The van der Waals surface area contributed by atoms with Gasteiger partial charge in [0.2, 0.25) is 5.01 Å². The van der Waals surface area contributed by atoms with Crippen LogP contribution in [0.1, 0.15) is 9.80 Å². The molecule has 1 aromatic carbocycles. The Morgan fingerprint density at radius 2 is 1.90 bits per heavy atom. The Labute approximate surface area is 175 Å². The number of hydrazine groups is 1. The summed E-state index contributed by atoms with van der Waals surface area (Å²) in [5, 5.41) is 13.5. The van der Waals surface area contributed by atoms with E-state index >= 15 is 0 Å². The molecule has 4 heterocycles. The number of aromatic nitrogens is 4. The van der Waals surface area contributed by atoms with E-state index < -0.39 is 5.97 Å². The molecule has 9 nitrogen and oxygen atoms in total. The molecule has 152 valence electrons. The zero-order valence-corrected chi connectivity index (χ0v) is 16.7. The van der Waals surface area contributed by atoms with Gasteiger partial charge >= 0.3 is 5.97 Å². The minimum Gasteiger partial charge on any atom is -0.476 e. The Balaban J connectivity index is 1.64. The van der Waals surface area contributed by atoms with Gasteiger partial charge in [-0.1, -0.05) is 18.2 Å². The van der Waals surface area contributed by atoms with Gasteiger partial charge in [-0.2, -0.15) is 0 Å². The van der Waals surface area contributed by atoms with Gasteiger partial charge in [-0.3, -0.25) is 9.41 Å². The summed E-state index contributed by atoms with van der Waals surface area (Å²) in [5.41, 5.74) is 2.40. The lowest BCUT2D eigenvalue weighted by Crippen LogP contribution is -2.47. The molecule has 0 bridgehead atoms. The van der Waals surface area contributed by atoms with E-state index in [0.717, 1.165) is 35.8 Å². The quantitative estimate of drug-likeness (QED) is 0.524. The molecule has 4 aromatic rings. The SMILES string of the molecule is O=C(O)c1ncc(-c2cnc(N(c3ccccc3)N3CCOCC3)c3nccn23)s1. The van der Waals surface area contributed by atoms with Crippen molar-refractivity contribution in [3.8, 4) is 10.6 Å². The van der Waals surface area contributed by atoms with Crippen LogP contribution >= 0.6 is 11.3 Å². The number of rotatable bonds is 5. The predicted octanol–water partition coefficient (Wildman–Crippen LogP) is 2.94. The van der Waals surface area contributed by atoms with Gasteiger partial charge in [0, 0.05) is 31.7 Å². The largest absolute Gasteiger partial charge is 0.476 e. The predicted molar refractivity (Wildman–Crippen MR) is 112 cm³/mol. The van der Waals surface area contributed by atoms with E-state index in [2.05, 4.69) is 20.0 Å². The summed E-state index contributed by atoms with van der Waals surface area (Å²) in [6.07, 6.45) is 6.85. The molecule has 5 rings (SSSR count). The molecule has 3 aromatic heterocycles. The van der Waals surface area contributed by atoms with E-state index in [1.807, 2.05) is 40.9 Å². The molecule has 1 aliphatic heterocycles. The second-order valence-electron chi connectivity index (χ2n) is 6.64. The minimum atomic E-state index is -1.04. The maximum Gasteiger partial charge on any atom is 0.365 e. The van der Waals surface area contributed by atoms with Crippen molar-refractivity contribution in [1.29, 1.82) is 0 Å². The van der Waals surface area contributed by atoms with Crippen LogP contribution in [0.15, 0.2) is 55.1 Å². The average molecular weight is 422 g/mol. The lowest BCUT2D eigenvalue weighted by Gasteiger charge is -2.38. The Morgan fingerprint density at radius 3 is 2.63 bits per heavy atom. The van der Waals surface area contributed by atoms with E-state index in [9.17, 15) is 9.90 Å². The van der Waals surface area contributed by atoms with Gasteiger partial charge in [0.1, 0.15) is 0 Å². The van der Waals surface area contributed by atoms with Gasteiger partial charge in [0.25, 0.3) is 0 Å². The second kappa shape index (κ2) is 7.82. The molecule has 0 unspecified atom stereocenters. The van der Waals surface area contributed by atoms with E-state index in [0.29, 0.717) is 29.6 Å². The van der Waals surface area contributed by atoms with Crippen LogP contribution < -0.4 is 5.01 Å². The molecule has 0 amide bonds. The summed E-state index contributed by atoms with van der Waals surface area (Å²) in [4.78, 5) is 25.2. The summed E-state index contributed by atoms with van der Waals surface area (Å²) in [5.74, 6) is -0.347. The van der Waals surface area contributed by atoms with Gasteiger partial charge in [-0.25, -0.2) is 24.8 Å². The van der Waals surface area contributed by atoms with Crippen LogP contribution in [0.25, 0.3) is 16.2 Å². The number of hydrogen-bond donors (Lipinski definition) is 1. The monoisotopic (exact) mass is 422 g/mol. The summed E-state index contributed by atoms with van der Waals surface area (Å²) in [6.45, 7) is 2.76. The minimum absolute atomic E-state index is 0.0431. The number of carboxylic acids is 1. The highest BCUT2D eigenvalue weighted by Crippen LogP contribution is 2.33. The summed E-state index contributed by atoms with van der Waals surface area (Å²) in [7, 11) is 0. The molecule has 1 fully saturated rings. The molecule has 0 saturated carbocycles. The van der Waals surface area contributed by atoms with Crippen molar-refractivity contribution in [1.82, 2.24) is 24.4 Å². The number of aromatic carboxylic acids is 1. The van der Waals surface area contributed by atoms with Crippen LogP contribution in [0.5, 0.6) is 0 Å². The number of benzene rings is 1. The molecular formula is C20H18N6O3S. The fourth-order valence-corrected chi connectivity index (χ4v) is 4.23. The highest BCUT2D eigenvalue weighted by molar-refractivity contribution is 7.16. The molecule has 0 spiro atoms. The Hall–Kier alpha value is -3.34. The highest BCUT2D eigenvalue weighted by Gasteiger charge is 2.25. The first kappa shape index (κ1) is 18.7. The number of hydrogen-bond acceptors (Lipinski definition) is 8. The third kappa shape index (κ3) is 3.30. The molecule has 0 aliphatic carbocycles. The second-order valence-corrected chi connectivity index (χ2v) is 7.67.